The first-order valence-electron chi connectivity index (χ1n) is 4.98. The highest BCUT2D eigenvalue weighted by Gasteiger charge is 1.97. The Hall–Kier alpha value is -2.70. The molecule has 0 amide bonds. The Morgan fingerprint density at radius 1 is 1.39 bits per heavy atom. The van der Waals surface area contributed by atoms with Crippen LogP contribution in [-0.4, -0.2) is 21.3 Å². The maximum absolute atomic E-state index is 12.6. The molecule has 2 aromatic rings. The number of anilines is 1. The van der Waals surface area contributed by atoms with Crippen molar-refractivity contribution in [3.8, 4) is 5.88 Å². The van der Waals surface area contributed by atoms with E-state index < -0.39 is 11.4 Å². The molecule has 0 radical (unpaired) electrons. The largest absolute Gasteiger partial charge is 0.493 e. The van der Waals surface area contributed by atoms with Gasteiger partial charge in [0.25, 0.3) is 5.56 Å². The van der Waals surface area contributed by atoms with Crippen LogP contribution in [0.2, 0.25) is 0 Å². The van der Waals surface area contributed by atoms with Gasteiger partial charge in [0.15, 0.2) is 0 Å². The number of hydrogen-bond acceptors (Lipinski definition) is 5. The number of hydrogen-bond donors (Lipinski definition) is 3. The van der Waals surface area contributed by atoms with Crippen molar-refractivity contribution in [3.05, 3.63) is 52.1 Å². The van der Waals surface area contributed by atoms with Crippen LogP contribution in [0.3, 0.4) is 0 Å². The average molecular weight is 248 g/mol. The second kappa shape index (κ2) is 5.09. The molecule has 0 unspecified atom stereocenters. The van der Waals surface area contributed by atoms with E-state index >= 15 is 0 Å². The molecule has 0 aliphatic rings. The predicted octanol–water partition coefficient (Wildman–Crippen LogP) is 1.06. The molecular formula is C11H9FN4O2. The molecule has 0 fully saturated rings. The summed E-state index contributed by atoms with van der Waals surface area (Å²) in [6.07, 6.45) is 1.42. The molecule has 1 aromatic heterocycles. The van der Waals surface area contributed by atoms with E-state index in [1.54, 1.807) is 12.1 Å². The average Bonchev–Trinajstić information content (AvgIpc) is 2.30. The van der Waals surface area contributed by atoms with Crippen LogP contribution in [0, 0.1) is 5.82 Å². The third-order valence-electron chi connectivity index (χ3n) is 1.98. The van der Waals surface area contributed by atoms with Crippen molar-refractivity contribution in [2.45, 2.75) is 0 Å². The van der Waals surface area contributed by atoms with E-state index in [4.69, 9.17) is 5.11 Å². The fourth-order valence-corrected chi connectivity index (χ4v) is 1.21. The lowest BCUT2D eigenvalue weighted by molar-refractivity contribution is 0.452. The molecule has 7 heteroatoms. The molecule has 6 nitrogen and oxygen atoms in total. The Labute approximate surface area is 101 Å². The fraction of sp³-hybridized carbons (Fsp3) is 0. The zero-order valence-electron chi connectivity index (χ0n) is 9.09. The number of nitrogens with one attached hydrogen (secondary N) is 2. The van der Waals surface area contributed by atoms with Gasteiger partial charge in [0.1, 0.15) is 5.82 Å². The van der Waals surface area contributed by atoms with Crippen LogP contribution in [0.4, 0.5) is 10.3 Å². The SMILES string of the molecule is O=c1cc(O)nc(NN=Cc2ccc(F)cc2)[nH]1. The summed E-state index contributed by atoms with van der Waals surface area (Å²) >= 11 is 0. The first-order chi connectivity index (χ1) is 8.63. The molecule has 0 bridgehead atoms. The van der Waals surface area contributed by atoms with Gasteiger partial charge in [-0.1, -0.05) is 12.1 Å². The highest BCUT2D eigenvalue weighted by Crippen LogP contribution is 2.03. The van der Waals surface area contributed by atoms with Crippen molar-refractivity contribution in [1.29, 1.82) is 0 Å². The minimum Gasteiger partial charge on any atom is -0.493 e. The van der Waals surface area contributed by atoms with Gasteiger partial charge in [-0.3, -0.25) is 9.78 Å². The van der Waals surface area contributed by atoms with E-state index in [9.17, 15) is 9.18 Å². The predicted molar refractivity (Wildman–Crippen MR) is 64.1 cm³/mol. The van der Waals surface area contributed by atoms with Crippen molar-refractivity contribution in [1.82, 2.24) is 9.97 Å². The first kappa shape index (κ1) is 11.8. The van der Waals surface area contributed by atoms with Gasteiger partial charge in [0.2, 0.25) is 11.8 Å². The van der Waals surface area contributed by atoms with Crippen molar-refractivity contribution < 1.29 is 9.50 Å². The highest BCUT2D eigenvalue weighted by molar-refractivity contribution is 5.79. The number of aromatic hydroxyl groups is 1. The van der Waals surface area contributed by atoms with Crippen LogP contribution in [0.5, 0.6) is 5.88 Å². The van der Waals surface area contributed by atoms with E-state index in [2.05, 4.69) is 20.5 Å². The number of nitrogens with zero attached hydrogens (tertiary/aromatic N) is 2. The van der Waals surface area contributed by atoms with Gasteiger partial charge in [0, 0.05) is 0 Å². The Bertz CT molecular complexity index is 622. The van der Waals surface area contributed by atoms with Gasteiger partial charge >= 0.3 is 0 Å². The van der Waals surface area contributed by atoms with Crippen molar-refractivity contribution in [2.24, 2.45) is 5.10 Å². The highest BCUT2D eigenvalue weighted by atomic mass is 19.1. The Balaban J connectivity index is 2.07. The molecule has 1 heterocycles. The Kier molecular flexibility index (Phi) is 3.33. The zero-order valence-corrected chi connectivity index (χ0v) is 9.09. The summed E-state index contributed by atoms with van der Waals surface area (Å²) in [6.45, 7) is 0. The lowest BCUT2D eigenvalue weighted by Crippen LogP contribution is -2.08. The number of aromatic nitrogens is 2. The number of hydrazone groups is 1. The van der Waals surface area contributed by atoms with Crippen LogP contribution in [0.25, 0.3) is 0 Å². The van der Waals surface area contributed by atoms with Gasteiger partial charge in [-0.15, -0.1) is 0 Å². The lowest BCUT2D eigenvalue weighted by atomic mass is 10.2. The van der Waals surface area contributed by atoms with Gasteiger partial charge < -0.3 is 5.11 Å². The van der Waals surface area contributed by atoms with Crippen LogP contribution in [0.1, 0.15) is 5.56 Å². The summed E-state index contributed by atoms with van der Waals surface area (Å²) in [5.41, 5.74) is 2.61. The zero-order chi connectivity index (χ0) is 13.0. The fourth-order valence-electron chi connectivity index (χ4n) is 1.21. The first-order valence-corrected chi connectivity index (χ1v) is 4.98. The minimum atomic E-state index is -0.498. The molecule has 0 spiro atoms. The molecule has 0 atom stereocenters. The minimum absolute atomic E-state index is 0.0124. The molecule has 2 rings (SSSR count). The van der Waals surface area contributed by atoms with Crippen molar-refractivity contribution in [3.63, 3.8) is 0 Å². The number of rotatable bonds is 3. The molecular weight excluding hydrogens is 239 g/mol. The van der Waals surface area contributed by atoms with Crippen molar-refractivity contribution in [2.75, 3.05) is 5.43 Å². The Morgan fingerprint density at radius 3 is 2.78 bits per heavy atom. The van der Waals surface area contributed by atoms with E-state index in [1.165, 1.54) is 18.3 Å². The second-order valence-corrected chi connectivity index (χ2v) is 3.37. The summed E-state index contributed by atoms with van der Waals surface area (Å²) in [6, 6.07) is 6.62. The quantitative estimate of drug-likeness (QED) is 0.559. The molecule has 1 aromatic carbocycles. The topological polar surface area (TPSA) is 90.4 Å². The van der Waals surface area contributed by atoms with E-state index in [0.717, 1.165) is 6.07 Å². The van der Waals surface area contributed by atoms with E-state index in [1.807, 2.05) is 0 Å². The summed E-state index contributed by atoms with van der Waals surface area (Å²) in [5, 5.41) is 12.9. The summed E-state index contributed by atoms with van der Waals surface area (Å²) in [4.78, 5) is 16.9. The third-order valence-corrected chi connectivity index (χ3v) is 1.98. The number of H-pyrrole nitrogens is 1. The molecule has 3 N–H and O–H groups in total. The molecule has 0 saturated heterocycles. The maximum Gasteiger partial charge on any atom is 0.256 e. The van der Waals surface area contributed by atoms with Gasteiger partial charge in [-0.2, -0.15) is 10.1 Å². The van der Waals surface area contributed by atoms with Crippen LogP contribution >= 0.6 is 0 Å². The van der Waals surface area contributed by atoms with Gasteiger partial charge in [0.05, 0.1) is 12.3 Å². The monoisotopic (exact) mass is 248 g/mol. The van der Waals surface area contributed by atoms with Crippen LogP contribution < -0.4 is 11.0 Å². The molecule has 0 saturated carbocycles. The second-order valence-electron chi connectivity index (χ2n) is 3.37. The molecule has 92 valence electrons. The molecule has 0 aliphatic heterocycles. The van der Waals surface area contributed by atoms with E-state index in [0.29, 0.717) is 5.56 Å². The van der Waals surface area contributed by atoms with E-state index in [-0.39, 0.29) is 11.8 Å². The van der Waals surface area contributed by atoms with Crippen molar-refractivity contribution >= 4 is 12.2 Å². The summed E-state index contributed by atoms with van der Waals surface area (Å²) in [5.74, 6) is -0.726. The molecule has 18 heavy (non-hydrogen) atoms. The smallest absolute Gasteiger partial charge is 0.256 e. The summed E-state index contributed by atoms with van der Waals surface area (Å²) < 4.78 is 12.6. The summed E-state index contributed by atoms with van der Waals surface area (Å²) in [7, 11) is 0. The Morgan fingerprint density at radius 2 is 2.11 bits per heavy atom. The normalized spacial score (nSPS) is 10.7. The van der Waals surface area contributed by atoms with Gasteiger partial charge in [-0.05, 0) is 17.7 Å². The van der Waals surface area contributed by atoms with Gasteiger partial charge in [-0.25, -0.2) is 9.82 Å². The van der Waals surface area contributed by atoms with Crippen LogP contribution in [0.15, 0.2) is 40.2 Å². The number of aromatic amines is 1. The molecule has 0 aliphatic carbocycles. The number of benzene rings is 1. The maximum atomic E-state index is 12.6. The standard InChI is InChI=1S/C11H9FN4O2/c12-8-3-1-7(2-4-8)6-13-16-11-14-9(17)5-10(18)15-11/h1-6H,(H3,14,15,16,17,18). The number of halogens is 1. The van der Waals surface area contributed by atoms with Crippen LogP contribution in [-0.2, 0) is 0 Å². The third kappa shape index (κ3) is 3.14. The lowest BCUT2D eigenvalue weighted by Gasteiger charge is -1.98.